The molecule has 16 heavy (non-hydrogen) atoms. The van der Waals surface area contributed by atoms with Crippen LogP contribution in [0.1, 0.15) is 35.8 Å². The number of thioether (sulfide) groups is 1. The second-order valence-corrected chi connectivity index (χ2v) is 5.27. The third-order valence-corrected chi connectivity index (χ3v) is 4.29. The number of ether oxygens (including phenoxy) is 1. The zero-order valence-corrected chi connectivity index (χ0v) is 10.4. The van der Waals surface area contributed by atoms with Gasteiger partial charge in [0, 0.05) is 17.4 Å². The van der Waals surface area contributed by atoms with Crippen LogP contribution in [0.5, 0.6) is 5.88 Å². The predicted octanol–water partition coefficient (Wildman–Crippen LogP) is 2.51. The van der Waals surface area contributed by atoms with Crippen LogP contribution >= 0.6 is 11.8 Å². The van der Waals surface area contributed by atoms with Crippen molar-refractivity contribution >= 4 is 11.8 Å². The van der Waals surface area contributed by atoms with Gasteiger partial charge in [-0.1, -0.05) is 12.5 Å². The number of nitrogens with two attached hydrogens (primary N) is 1. The lowest BCUT2D eigenvalue weighted by molar-refractivity contribution is 0.390. The number of rotatable bonds is 3. The number of aromatic nitrogens is 1. The van der Waals surface area contributed by atoms with E-state index in [1.165, 1.54) is 25.0 Å². The Labute approximate surface area is 101 Å². The third-order valence-electron chi connectivity index (χ3n) is 2.88. The Morgan fingerprint density at radius 3 is 3.00 bits per heavy atom. The number of hydrogen-bond donors (Lipinski definition) is 1. The van der Waals surface area contributed by atoms with Crippen LogP contribution in [0.2, 0.25) is 0 Å². The molecule has 1 fully saturated rings. The summed E-state index contributed by atoms with van der Waals surface area (Å²) in [6, 6.07) is 4.13. The second kappa shape index (κ2) is 5.55. The summed E-state index contributed by atoms with van der Waals surface area (Å²) in [6.45, 7) is 0.480. The van der Waals surface area contributed by atoms with E-state index in [-0.39, 0.29) is 0 Å². The van der Waals surface area contributed by atoms with Crippen molar-refractivity contribution in [2.45, 2.75) is 31.1 Å². The lowest BCUT2D eigenvalue weighted by Crippen LogP contribution is -2.07. The van der Waals surface area contributed by atoms with Crippen molar-refractivity contribution in [3.63, 3.8) is 0 Å². The first-order valence-corrected chi connectivity index (χ1v) is 6.75. The number of methoxy groups -OCH3 is 1. The van der Waals surface area contributed by atoms with Crippen molar-refractivity contribution in [3.05, 3.63) is 23.4 Å². The third kappa shape index (κ3) is 2.50. The molecule has 0 bridgehead atoms. The molecule has 2 rings (SSSR count). The van der Waals surface area contributed by atoms with E-state index in [1.54, 1.807) is 7.11 Å². The molecule has 1 aromatic rings. The van der Waals surface area contributed by atoms with Crippen LogP contribution < -0.4 is 10.5 Å². The standard InChI is InChI=1S/C12H18N2OS/c1-15-12-9(8-13)5-6-10(14-12)11-4-2-3-7-16-11/h5-6,11H,2-4,7-8,13H2,1H3. The van der Waals surface area contributed by atoms with Gasteiger partial charge in [0.25, 0.3) is 0 Å². The smallest absolute Gasteiger partial charge is 0.217 e. The minimum absolute atomic E-state index is 0.480. The highest BCUT2D eigenvalue weighted by Gasteiger charge is 2.18. The number of hydrogen-bond acceptors (Lipinski definition) is 4. The first-order valence-electron chi connectivity index (χ1n) is 5.70. The summed E-state index contributed by atoms with van der Waals surface area (Å²) in [5.74, 6) is 1.93. The Morgan fingerprint density at radius 2 is 2.38 bits per heavy atom. The van der Waals surface area contributed by atoms with E-state index in [1.807, 2.05) is 17.8 Å². The average molecular weight is 238 g/mol. The fourth-order valence-corrected chi connectivity index (χ4v) is 3.26. The Morgan fingerprint density at radius 1 is 1.50 bits per heavy atom. The van der Waals surface area contributed by atoms with Crippen molar-refractivity contribution < 1.29 is 4.74 Å². The van der Waals surface area contributed by atoms with E-state index in [4.69, 9.17) is 10.5 Å². The molecule has 1 aliphatic heterocycles. The van der Waals surface area contributed by atoms with Crippen LogP contribution in [0.4, 0.5) is 0 Å². The summed E-state index contributed by atoms with van der Waals surface area (Å²) in [4.78, 5) is 4.56. The van der Waals surface area contributed by atoms with Gasteiger partial charge >= 0.3 is 0 Å². The molecule has 1 saturated heterocycles. The molecule has 0 spiro atoms. The molecule has 0 saturated carbocycles. The molecule has 1 unspecified atom stereocenters. The van der Waals surface area contributed by atoms with Gasteiger partial charge in [0.15, 0.2) is 0 Å². The van der Waals surface area contributed by atoms with E-state index < -0.39 is 0 Å². The molecule has 1 aliphatic rings. The van der Waals surface area contributed by atoms with Gasteiger partial charge in [-0.15, -0.1) is 0 Å². The molecule has 0 radical (unpaired) electrons. The SMILES string of the molecule is COc1nc(C2CCCCS2)ccc1CN. The van der Waals surface area contributed by atoms with Crippen molar-refractivity contribution in [2.24, 2.45) is 5.73 Å². The summed E-state index contributed by atoms with van der Waals surface area (Å²) in [6.07, 6.45) is 3.86. The van der Waals surface area contributed by atoms with Crippen LogP contribution in [-0.2, 0) is 6.54 Å². The summed E-state index contributed by atoms with van der Waals surface area (Å²) in [5.41, 5.74) is 7.75. The summed E-state index contributed by atoms with van der Waals surface area (Å²) < 4.78 is 5.27. The molecule has 88 valence electrons. The van der Waals surface area contributed by atoms with Gasteiger partial charge in [0.05, 0.1) is 12.8 Å². The summed E-state index contributed by atoms with van der Waals surface area (Å²) in [5, 5.41) is 0.537. The van der Waals surface area contributed by atoms with Gasteiger partial charge in [0.2, 0.25) is 5.88 Å². The van der Waals surface area contributed by atoms with E-state index in [9.17, 15) is 0 Å². The Balaban J connectivity index is 2.20. The molecule has 1 aromatic heterocycles. The maximum Gasteiger partial charge on any atom is 0.217 e. The highest BCUT2D eigenvalue weighted by Crippen LogP contribution is 2.38. The lowest BCUT2D eigenvalue weighted by atomic mass is 10.1. The minimum Gasteiger partial charge on any atom is -0.481 e. The molecular formula is C12H18N2OS. The number of pyridine rings is 1. The maximum atomic E-state index is 5.63. The summed E-state index contributed by atoms with van der Waals surface area (Å²) >= 11 is 2.00. The zero-order valence-electron chi connectivity index (χ0n) is 9.61. The molecule has 2 heterocycles. The van der Waals surface area contributed by atoms with Gasteiger partial charge in [-0.2, -0.15) is 11.8 Å². The van der Waals surface area contributed by atoms with E-state index >= 15 is 0 Å². The van der Waals surface area contributed by atoms with Gasteiger partial charge in [-0.05, 0) is 24.7 Å². The van der Waals surface area contributed by atoms with Gasteiger partial charge in [0.1, 0.15) is 0 Å². The second-order valence-electron chi connectivity index (χ2n) is 3.96. The minimum atomic E-state index is 0.480. The first-order chi connectivity index (χ1) is 7.85. The Kier molecular flexibility index (Phi) is 4.07. The number of nitrogens with zero attached hydrogens (tertiary/aromatic N) is 1. The fourth-order valence-electron chi connectivity index (χ4n) is 1.97. The van der Waals surface area contributed by atoms with Gasteiger partial charge in [-0.25, -0.2) is 4.98 Å². The topological polar surface area (TPSA) is 48.1 Å². The van der Waals surface area contributed by atoms with Crippen LogP contribution in [-0.4, -0.2) is 17.8 Å². The van der Waals surface area contributed by atoms with E-state index in [0.717, 1.165) is 11.3 Å². The van der Waals surface area contributed by atoms with Crippen molar-refractivity contribution in [1.29, 1.82) is 0 Å². The van der Waals surface area contributed by atoms with Crippen molar-refractivity contribution in [2.75, 3.05) is 12.9 Å². The molecule has 0 aliphatic carbocycles. The van der Waals surface area contributed by atoms with Gasteiger partial charge < -0.3 is 10.5 Å². The van der Waals surface area contributed by atoms with Crippen LogP contribution in [0.15, 0.2) is 12.1 Å². The highest BCUT2D eigenvalue weighted by molar-refractivity contribution is 7.99. The van der Waals surface area contributed by atoms with Crippen molar-refractivity contribution in [1.82, 2.24) is 4.98 Å². The van der Waals surface area contributed by atoms with E-state index in [0.29, 0.717) is 17.7 Å². The maximum absolute atomic E-state index is 5.63. The molecule has 4 heteroatoms. The quantitative estimate of drug-likeness (QED) is 0.879. The highest BCUT2D eigenvalue weighted by atomic mass is 32.2. The lowest BCUT2D eigenvalue weighted by Gasteiger charge is -2.21. The van der Waals surface area contributed by atoms with Crippen molar-refractivity contribution in [3.8, 4) is 5.88 Å². The first kappa shape index (κ1) is 11.7. The molecule has 0 aromatic carbocycles. The Hall–Kier alpha value is -0.740. The predicted molar refractivity (Wildman–Crippen MR) is 67.7 cm³/mol. The molecule has 0 amide bonds. The largest absolute Gasteiger partial charge is 0.481 e. The fraction of sp³-hybridized carbons (Fsp3) is 0.583. The molecule has 2 N–H and O–H groups in total. The normalized spacial score (nSPS) is 20.8. The van der Waals surface area contributed by atoms with Crippen LogP contribution in [0.3, 0.4) is 0 Å². The molecule has 3 nitrogen and oxygen atoms in total. The van der Waals surface area contributed by atoms with Crippen LogP contribution in [0, 0.1) is 0 Å². The average Bonchev–Trinajstić information content (AvgIpc) is 2.39. The summed E-state index contributed by atoms with van der Waals surface area (Å²) in [7, 11) is 1.65. The molecular weight excluding hydrogens is 220 g/mol. The van der Waals surface area contributed by atoms with E-state index in [2.05, 4.69) is 11.1 Å². The van der Waals surface area contributed by atoms with Gasteiger partial charge in [-0.3, -0.25) is 0 Å². The zero-order chi connectivity index (χ0) is 11.4. The van der Waals surface area contributed by atoms with Crippen LogP contribution in [0.25, 0.3) is 0 Å². The monoisotopic (exact) mass is 238 g/mol. The Bertz CT molecular complexity index is 351. The molecule has 1 atom stereocenters.